The number of aliphatic carboxylic acids is 1. The van der Waals surface area contributed by atoms with Crippen molar-refractivity contribution in [2.45, 2.75) is 170 Å². The number of nitrogens with one attached hydrogen (secondary N) is 1. The highest BCUT2D eigenvalue weighted by Gasteiger charge is 2.74. The predicted octanol–water partition coefficient (Wildman–Crippen LogP) is 10.8. The Bertz CT molecular complexity index is 1970. The number of esters is 1. The summed E-state index contributed by atoms with van der Waals surface area (Å²) in [6.07, 6.45) is 21.0. The average Bonchev–Trinajstić information content (AvgIpc) is 3.56. The van der Waals surface area contributed by atoms with E-state index in [9.17, 15) is 14.7 Å². The highest BCUT2D eigenvalue weighted by Crippen LogP contribution is 2.79. The number of hydrogen-bond acceptors (Lipinski definition) is 6. The summed E-state index contributed by atoms with van der Waals surface area (Å²) in [6, 6.07) is 4.00. The molecule has 9 nitrogen and oxygen atoms in total. The lowest BCUT2D eigenvalue weighted by Gasteiger charge is -2.73. The Morgan fingerprint density at radius 3 is 2.34 bits per heavy atom. The molecule has 9 rings (SSSR count). The third kappa shape index (κ3) is 6.29. The van der Waals surface area contributed by atoms with Crippen LogP contribution in [0.15, 0.2) is 30.7 Å². The van der Waals surface area contributed by atoms with Crippen molar-refractivity contribution in [2.24, 2.45) is 67.5 Å². The van der Waals surface area contributed by atoms with E-state index in [1.807, 2.05) is 32.3 Å². The number of H-pyrrole nitrogens is 1. The van der Waals surface area contributed by atoms with E-state index >= 15 is 4.79 Å². The van der Waals surface area contributed by atoms with E-state index in [2.05, 4.69) is 62.5 Å². The van der Waals surface area contributed by atoms with Gasteiger partial charge in [0.05, 0.1) is 36.2 Å². The van der Waals surface area contributed by atoms with Crippen LogP contribution in [0.25, 0.3) is 11.3 Å². The van der Waals surface area contributed by atoms with Crippen LogP contribution in [0.1, 0.15) is 170 Å². The van der Waals surface area contributed by atoms with Crippen molar-refractivity contribution in [1.82, 2.24) is 19.9 Å². The maximum atomic E-state index is 15.7. The number of hydrogen-bond donors (Lipinski definition) is 2. The van der Waals surface area contributed by atoms with Crippen LogP contribution < -0.4 is 0 Å². The average molecular weight is 809 g/mol. The summed E-state index contributed by atoms with van der Waals surface area (Å²) in [7, 11) is 0. The van der Waals surface area contributed by atoms with Crippen LogP contribution in [-0.2, 0) is 19.1 Å². The van der Waals surface area contributed by atoms with Gasteiger partial charge in [0.1, 0.15) is 11.9 Å². The van der Waals surface area contributed by atoms with Crippen molar-refractivity contribution < 1.29 is 24.2 Å². The Hall–Kier alpha value is -3.23. The number of pyridine rings is 1. The third-order valence-electron chi connectivity index (χ3n) is 19.7. The number of likely N-dealkylation sites (tertiary alicyclic amines) is 1. The number of carbonyl (C=O) groups is 3. The smallest absolute Gasteiger partial charge is 0.306 e. The Kier molecular flexibility index (Phi) is 9.69. The lowest BCUT2D eigenvalue weighted by atomic mass is 9.32. The highest BCUT2D eigenvalue weighted by molar-refractivity contribution is 5.84. The number of amides is 1. The number of nitrogens with zero attached hydrogens (tertiary/aromatic N) is 3. The lowest BCUT2D eigenvalue weighted by Crippen LogP contribution is -2.67. The summed E-state index contributed by atoms with van der Waals surface area (Å²) >= 11 is 0. The Balaban J connectivity index is 0.980. The van der Waals surface area contributed by atoms with Gasteiger partial charge in [-0.3, -0.25) is 19.4 Å². The van der Waals surface area contributed by atoms with E-state index in [1.165, 1.54) is 38.5 Å². The molecule has 322 valence electrons. The van der Waals surface area contributed by atoms with Crippen LogP contribution >= 0.6 is 0 Å². The SMILES string of the molecule is CC(C)(CC(=O)O)CC(=O)O[C@H]1CC[C@]2(C)[C@H]3CC[C@@H]4[C@H]5[C@H](C6(C)CC6)CC[C@]5(C(=O)N5CCC[C@H]5c5ncc(-c6cccnc6)[nH]5)CC[C@@]4(C)[C@]3(C)CC[C@H]2C1(C)C. The van der Waals surface area contributed by atoms with Gasteiger partial charge >= 0.3 is 11.9 Å². The first-order chi connectivity index (χ1) is 27.8. The molecule has 2 aromatic heterocycles. The second kappa shape index (κ2) is 13.9. The zero-order chi connectivity index (χ0) is 42.0. The van der Waals surface area contributed by atoms with Gasteiger partial charge in [-0.05, 0) is 159 Å². The maximum absolute atomic E-state index is 15.7. The molecule has 11 atom stereocenters. The van der Waals surface area contributed by atoms with Crippen molar-refractivity contribution in [2.75, 3.05) is 6.54 Å². The van der Waals surface area contributed by atoms with Gasteiger partial charge in [0.2, 0.25) is 5.91 Å². The minimum absolute atomic E-state index is 0.00992. The van der Waals surface area contributed by atoms with Crippen molar-refractivity contribution in [3.05, 3.63) is 36.5 Å². The second-order valence-corrected chi connectivity index (χ2v) is 23.5. The molecule has 2 aromatic rings. The minimum atomic E-state index is -0.882. The standard InChI is InChI=1S/C50H72N4O5/c1-44(2,27-39(55)56)28-40(57)59-38-17-18-47(6)36(45(38,3)4)16-19-49(8)37(47)14-13-33-41-32(46(5)21-22-46)15-20-50(41,24-23-48(33,49)7)43(58)54-26-10-12-35(54)42-52-30-34(53-42)31-11-9-25-51-29-31/h9,11,25,29-30,32-33,35-38,41H,10,12-24,26-28H2,1-8H3,(H,52,53)(H,55,56)/t32-,33-,35+,36+,37-,38+,41-,47+,48-,49-,50+/m1/s1. The largest absolute Gasteiger partial charge is 0.481 e. The molecule has 59 heavy (non-hydrogen) atoms. The van der Waals surface area contributed by atoms with Gasteiger partial charge in [0.25, 0.3) is 0 Å². The maximum Gasteiger partial charge on any atom is 0.306 e. The molecule has 0 unspecified atom stereocenters. The number of imidazole rings is 1. The van der Waals surface area contributed by atoms with Crippen molar-refractivity contribution in [1.29, 1.82) is 0 Å². The van der Waals surface area contributed by atoms with E-state index < -0.39 is 11.4 Å². The molecule has 6 aliphatic carbocycles. The van der Waals surface area contributed by atoms with Crippen LogP contribution in [0.4, 0.5) is 0 Å². The summed E-state index contributed by atoms with van der Waals surface area (Å²) in [5, 5.41) is 9.41. The Morgan fingerprint density at radius 1 is 0.847 bits per heavy atom. The molecule has 6 saturated carbocycles. The van der Waals surface area contributed by atoms with Gasteiger partial charge in [-0.15, -0.1) is 0 Å². The van der Waals surface area contributed by atoms with Gasteiger partial charge in [-0.2, -0.15) is 0 Å². The number of fused-ring (bicyclic) bond motifs is 7. The number of rotatable bonds is 9. The molecule has 0 aromatic carbocycles. The molecule has 1 amide bonds. The molecule has 1 saturated heterocycles. The molecular formula is C50H72N4O5. The summed E-state index contributed by atoms with van der Waals surface area (Å²) in [5.41, 5.74) is 1.68. The lowest BCUT2D eigenvalue weighted by molar-refractivity contribution is -0.251. The molecule has 0 spiro atoms. The fourth-order valence-corrected chi connectivity index (χ4v) is 16.3. The first-order valence-corrected chi connectivity index (χ1v) is 23.5. The number of carbonyl (C=O) groups excluding carboxylic acids is 2. The van der Waals surface area contributed by atoms with Gasteiger partial charge in [0, 0.05) is 29.9 Å². The van der Waals surface area contributed by atoms with Gasteiger partial charge < -0.3 is 19.7 Å². The van der Waals surface area contributed by atoms with Crippen LogP contribution in [0.3, 0.4) is 0 Å². The van der Waals surface area contributed by atoms with Gasteiger partial charge in [-0.25, -0.2) is 4.98 Å². The molecule has 7 fully saturated rings. The van der Waals surface area contributed by atoms with Crippen molar-refractivity contribution >= 4 is 17.8 Å². The zero-order valence-electron chi connectivity index (χ0n) is 37.4. The van der Waals surface area contributed by atoms with Gasteiger partial charge in [-0.1, -0.05) is 55.4 Å². The minimum Gasteiger partial charge on any atom is -0.481 e. The topological polar surface area (TPSA) is 125 Å². The molecule has 0 bridgehead atoms. The second-order valence-electron chi connectivity index (χ2n) is 23.5. The van der Waals surface area contributed by atoms with E-state index in [1.54, 1.807) is 6.20 Å². The number of ether oxygens (including phenoxy) is 1. The Morgan fingerprint density at radius 2 is 1.63 bits per heavy atom. The quantitative estimate of drug-likeness (QED) is 0.242. The molecule has 1 aliphatic heterocycles. The van der Waals surface area contributed by atoms with E-state index in [0.717, 1.165) is 75.0 Å². The van der Waals surface area contributed by atoms with Crippen molar-refractivity contribution in [3.8, 4) is 11.3 Å². The molecule has 9 heteroatoms. The number of aromatic nitrogens is 3. The van der Waals surface area contributed by atoms with Crippen LogP contribution in [0.5, 0.6) is 0 Å². The summed E-state index contributed by atoms with van der Waals surface area (Å²) in [5.74, 6) is 2.78. The normalized spacial score (nSPS) is 40.6. The monoisotopic (exact) mass is 809 g/mol. The molecule has 3 heterocycles. The van der Waals surface area contributed by atoms with Crippen LogP contribution in [0, 0.1) is 67.5 Å². The molecule has 7 aliphatic rings. The first kappa shape index (κ1) is 41.1. The fourth-order valence-electron chi connectivity index (χ4n) is 16.3. The molecular weight excluding hydrogens is 737 g/mol. The van der Waals surface area contributed by atoms with Crippen molar-refractivity contribution in [3.63, 3.8) is 0 Å². The third-order valence-corrected chi connectivity index (χ3v) is 19.7. The summed E-state index contributed by atoms with van der Waals surface area (Å²) in [6.45, 7) is 19.7. The number of carboxylic acid groups (broad SMARTS) is 1. The summed E-state index contributed by atoms with van der Waals surface area (Å²) in [4.78, 5) is 55.6. The van der Waals surface area contributed by atoms with Crippen LogP contribution in [-0.4, -0.2) is 55.5 Å². The molecule has 0 radical (unpaired) electrons. The molecule has 2 N–H and O–H groups in total. The Labute approximate surface area is 353 Å². The highest BCUT2D eigenvalue weighted by atomic mass is 16.5. The fraction of sp³-hybridized carbons (Fsp3) is 0.780. The van der Waals surface area contributed by atoms with E-state index in [0.29, 0.717) is 40.9 Å². The van der Waals surface area contributed by atoms with E-state index in [4.69, 9.17) is 9.72 Å². The van der Waals surface area contributed by atoms with E-state index in [-0.39, 0.29) is 58.0 Å². The predicted molar refractivity (Wildman–Crippen MR) is 228 cm³/mol. The first-order valence-electron chi connectivity index (χ1n) is 23.5. The zero-order valence-corrected chi connectivity index (χ0v) is 37.4. The number of carboxylic acids is 1. The van der Waals surface area contributed by atoms with Gasteiger partial charge in [0.15, 0.2) is 0 Å². The summed E-state index contributed by atoms with van der Waals surface area (Å²) < 4.78 is 6.34. The number of aromatic amines is 1. The van der Waals surface area contributed by atoms with Crippen LogP contribution in [0.2, 0.25) is 0 Å².